The predicted octanol–water partition coefficient (Wildman–Crippen LogP) is 5.18. The third kappa shape index (κ3) is 2.75. The van der Waals surface area contributed by atoms with Gasteiger partial charge in [0.05, 0.1) is 27.9 Å². The second-order valence-electron chi connectivity index (χ2n) is 4.69. The highest BCUT2D eigenvalue weighted by Crippen LogP contribution is 2.32. The SMILES string of the molecule is Cc1ccc(N(Br)C(C)c2ccccc2)c(C)c1. The van der Waals surface area contributed by atoms with Gasteiger partial charge in [0, 0.05) is 0 Å². The van der Waals surface area contributed by atoms with Gasteiger partial charge in [-0.3, -0.25) is 0 Å². The number of aryl methyl sites for hydroxylation is 2. The number of benzene rings is 2. The minimum Gasteiger partial charge on any atom is -0.301 e. The van der Waals surface area contributed by atoms with Gasteiger partial charge in [0.1, 0.15) is 0 Å². The van der Waals surface area contributed by atoms with Crippen molar-refractivity contribution >= 4 is 21.8 Å². The lowest BCUT2D eigenvalue weighted by Crippen LogP contribution is -2.16. The van der Waals surface area contributed by atoms with E-state index < -0.39 is 0 Å². The van der Waals surface area contributed by atoms with Crippen LogP contribution in [-0.2, 0) is 0 Å². The molecule has 0 radical (unpaired) electrons. The molecule has 1 nitrogen and oxygen atoms in total. The van der Waals surface area contributed by atoms with Crippen molar-refractivity contribution in [2.45, 2.75) is 26.8 Å². The summed E-state index contributed by atoms with van der Waals surface area (Å²) in [7, 11) is 0. The van der Waals surface area contributed by atoms with Crippen LogP contribution in [0.5, 0.6) is 0 Å². The molecule has 0 fully saturated rings. The second kappa shape index (κ2) is 5.57. The first-order chi connectivity index (χ1) is 8.59. The lowest BCUT2D eigenvalue weighted by molar-refractivity contribution is 0.827. The lowest BCUT2D eigenvalue weighted by atomic mass is 10.1. The van der Waals surface area contributed by atoms with Crippen molar-refractivity contribution in [2.75, 3.05) is 3.93 Å². The molecule has 0 saturated heterocycles. The van der Waals surface area contributed by atoms with Crippen LogP contribution in [0.25, 0.3) is 0 Å². The highest BCUT2D eigenvalue weighted by molar-refractivity contribution is 9.10. The first kappa shape index (κ1) is 13.2. The van der Waals surface area contributed by atoms with Crippen molar-refractivity contribution in [1.82, 2.24) is 0 Å². The van der Waals surface area contributed by atoms with E-state index in [4.69, 9.17) is 0 Å². The zero-order valence-electron chi connectivity index (χ0n) is 11.0. The average molecular weight is 304 g/mol. The molecule has 0 spiro atoms. The van der Waals surface area contributed by atoms with Crippen molar-refractivity contribution in [3.63, 3.8) is 0 Å². The highest BCUT2D eigenvalue weighted by Gasteiger charge is 2.15. The van der Waals surface area contributed by atoms with E-state index in [0.717, 1.165) is 0 Å². The summed E-state index contributed by atoms with van der Waals surface area (Å²) < 4.78 is 2.15. The molecule has 1 unspecified atom stereocenters. The third-order valence-corrected chi connectivity index (χ3v) is 4.20. The van der Waals surface area contributed by atoms with E-state index >= 15 is 0 Å². The Morgan fingerprint density at radius 1 is 1.00 bits per heavy atom. The van der Waals surface area contributed by atoms with Crippen molar-refractivity contribution in [3.05, 3.63) is 65.2 Å². The molecule has 2 aromatic carbocycles. The number of anilines is 1. The van der Waals surface area contributed by atoms with Crippen LogP contribution >= 0.6 is 16.1 Å². The standard InChI is InChI=1S/C16H18BrN/c1-12-9-10-16(13(2)11-12)18(17)14(3)15-7-5-4-6-8-15/h4-11,14H,1-3H3. The van der Waals surface area contributed by atoms with E-state index in [1.165, 1.54) is 22.4 Å². The molecule has 2 rings (SSSR count). The highest BCUT2D eigenvalue weighted by atomic mass is 79.9. The average Bonchev–Trinajstić information content (AvgIpc) is 2.38. The molecular weight excluding hydrogens is 286 g/mol. The van der Waals surface area contributed by atoms with E-state index in [1.807, 2.05) is 6.07 Å². The monoisotopic (exact) mass is 303 g/mol. The molecular formula is C16H18BrN. The van der Waals surface area contributed by atoms with Crippen LogP contribution in [0.3, 0.4) is 0 Å². The van der Waals surface area contributed by atoms with E-state index in [-0.39, 0.29) is 0 Å². The maximum absolute atomic E-state index is 3.70. The van der Waals surface area contributed by atoms with E-state index in [2.05, 4.69) is 83.3 Å². The van der Waals surface area contributed by atoms with Crippen LogP contribution in [0, 0.1) is 13.8 Å². The Morgan fingerprint density at radius 3 is 2.28 bits per heavy atom. The summed E-state index contributed by atoms with van der Waals surface area (Å²) >= 11 is 3.70. The van der Waals surface area contributed by atoms with E-state index in [0.29, 0.717) is 6.04 Å². The van der Waals surface area contributed by atoms with Crippen molar-refractivity contribution < 1.29 is 0 Å². The Labute approximate surface area is 118 Å². The van der Waals surface area contributed by atoms with Gasteiger partial charge >= 0.3 is 0 Å². The summed E-state index contributed by atoms with van der Waals surface area (Å²) in [6.45, 7) is 6.47. The van der Waals surface area contributed by atoms with Gasteiger partial charge in [-0.15, -0.1) is 0 Å². The molecule has 0 heterocycles. The van der Waals surface area contributed by atoms with Crippen LogP contribution in [0.15, 0.2) is 48.5 Å². The summed E-state index contributed by atoms with van der Waals surface area (Å²) in [6, 6.07) is 17.3. The number of rotatable bonds is 3. The fraction of sp³-hybridized carbons (Fsp3) is 0.250. The van der Waals surface area contributed by atoms with Gasteiger partial charge in [-0.2, -0.15) is 0 Å². The third-order valence-electron chi connectivity index (χ3n) is 3.20. The van der Waals surface area contributed by atoms with E-state index in [9.17, 15) is 0 Å². The molecule has 0 aliphatic carbocycles. The smallest absolute Gasteiger partial charge is 0.0628 e. The zero-order chi connectivity index (χ0) is 13.1. The van der Waals surface area contributed by atoms with Crippen molar-refractivity contribution in [2.24, 2.45) is 0 Å². The second-order valence-corrected chi connectivity index (χ2v) is 5.45. The molecule has 2 aromatic rings. The summed E-state index contributed by atoms with van der Waals surface area (Å²) in [6.07, 6.45) is 0. The summed E-state index contributed by atoms with van der Waals surface area (Å²) in [5.41, 5.74) is 5.10. The topological polar surface area (TPSA) is 3.24 Å². The molecule has 2 heteroatoms. The largest absolute Gasteiger partial charge is 0.301 e. The maximum atomic E-state index is 3.70. The van der Waals surface area contributed by atoms with Crippen LogP contribution in [0.4, 0.5) is 5.69 Å². The minimum atomic E-state index is 0.299. The van der Waals surface area contributed by atoms with Gasteiger partial charge < -0.3 is 3.93 Å². The molecule has 0 aliphatic rings. The van der Waals surface area contributed by atoms with Gasteiger partial charge in [0.2, 0.25) is 0 Å². The minimum absolute atomic E-state index is 0.299. The fourth-order valence-electron chi connectivity index (χ4n) is 2.12. The summed E-state index contributed by atoms with van der Waals surface area (Å²) in [5, 5.41) is 0. The molecule has 1 atom stereocenters. The summed E-state index contributed by atoms with van der Waals surface area (Å²) in [4.78, 5) is 0. The molecule has 0 N–H and O–H groups in total. The van der Waals surface area contributed by atoms with Gasteiger partial charge in [-0.05, 0) is 38.0 Å². The van der Waals surface area contributed by atoms with Crippen LogP contribution in [-0.4, -0.2) is 0 Å². The number of nitrogens with zero attached hydrogens (tertiary/aromatic N) is 1. The van der Waals surface area contributed by atoms with Gasteiger partial charge in [0.25, 0.3) is 0 Å². The quantitative estimate of drug-likeness (QED) is 0.706. The van der Waals surface area contributed by atoms with Crippen molar-refractivity contribution in [3.8, 4) is 0 Å². The zero-order valence-corrected chi connectivity index (χ0v) is 12.6. The molecule has 0 aliphatic heterocycles. The maximum Gasteiger partial charge on any atom is 0.0628 e. The molecule has 94 valence electrons. The molecule has 0 amide bonds. The van der Waals surface area contributed by atoms with Crippen molar-refractivity contribution in [1.29, 1.82) is 0 Å². The van der Waals surface area contributed by atoms with Crippen LogP contribution < -0.4 is 3.93 Å². The Kier molecular flexibility index (Phi) is 4.07. The number of hydrogen-bond acceptors (Lipinski definition) is 1. The lowest BCUT2D eigenvalue weighted by Gasteiger charge is -2.26. The molecule has 0 bridgehead atoms. The van der Waals surface area contributed by atoms with Gasteiger partial charge in [-0.25, -0.2) is 0 Å². The Bertz CT molecular complexity index is 522. The summed E-state index contributed by atoms with van der Waals surface area (Å²) in [5.74, 6) is 0. The fourth-order valence-corrected chi connectivity index (χ4v) is 2.75. The Balaban J connectivity index is 2.28. The molecule has 18 heavy (non-hydrogen) atoms. The molecule has 0 saturated carbocycles. The van der Waals surface area contributed by atoms with Crippen LogP contribution in [0.1, 0.15) is 29.7 Å². The van der Waals surface area contributed by atoms with E-state index in [1.54, 1.807) is 0 Å². The predicted molar refractivity (Wildman–Crippen MR) is 82.2 cm³/mol. The number of halogens is 1. The Morgan fingerprint density at radius 2 is 1.67 bits per heavy atom. The Hall–Kier alpha value is -1.28. The van der Waals surface area contributed by atoms with Gasteiger partial charge in [-0.1, -0.05) is 48.0 Å². The van der Waals surface area contributed by atoms with Gasteiger partial charge in [0.15, 0.2) is 0 Å². The molecule has 0 aromatic heterocycles. The number of hydrogen-bond donors (Lipinski definition) is 0. The normalized spacial score (nSPS) is 12.2. The van der Waals surface area contributed by atoms with Crippen LogP contribution in [0.2, 0.25) is 0 Å². The first-order valence-corrected chi connectivity index (χ1v) is 6.87. The first-order valence-electron chi connectivity index (χ1n) is 6.17.